The van der Waals surface area contributed by atoms with Crippen LogP contribution in [0.4, 0.5) is 14.5 Å². The summed E-state index contributed by atoms with van der Waals surface area (Å²) < 4.78 is 52.8. The van der Waals surface area contributed by atoms with E-state index >= 15 is 8.78 Å². The van der Waals surface area contributed by atoms with Gasteiger partial charge < -0.3 is 33.9 Å². The van der Waals surface area contributed by atoms with Gasteiger partial charge in [-0.15, -0.1) is 0 Å². The zero-order valence-electron chi connectivity index (χ0n) is 20.6. The summed E-state index contributed by atoms with van der Waals surface area (Å²) in [6.07, 6.45) is -1.79. The molecule has 3 aliphatic heterocycles. The third-order valence-corrected chi connectivity index (χ3v) is 6.75. The second kappa shape index (κ2) is 10.3. The van der Waals surface area contributed by atoms with Crippen molar-refractivity contribution in [2.24, 2.45) is 0 Å². The third kappa shape index (κ3) is 4.43. The fourth-order valence-corrected chi connectivity index (χ4v) is 4.93. The summed E-state index contributed by atoms with van der Waals surface area (Å²) in [6.45, 7) is 8.58. The van der Waals surface area contributed by atoms with Gasteiger partial charge in [-0.3, -0.25) is 0 Å². The molecule has 6 rings (SSSR count). The molecule has 36 heavy (non-hydrogen) atoms. The van der Waals surface area contributed by atoms with E-state index in [0.29, 0.717) is 61.1 Å². The van der Waals surface area contributed by atoms with Crippen LogP contribution in [-0.2, 0) is 14.2 Å². The maximum atomic E-state index is 15.1. The lowest BCUT2D eigenvalue weighted by Gasteiger charge is -2.29. The molecule has 0 amide bonds. The average Bonchev–Trinajstić information content (AvgIpc) is 3.56. The van der Waals surface area contributed by atoms with E-state index in [0.717, 1.165) is 0 Å². The molecule has 2 N–H and O–H groups in total. The number of aliphatic hydroxyl groups excluding tert-OH is 1. The van der Waals surface area contributed by atoms with Crippen molar-refractivity contribution >= 4 is 16.7 Å². The minimum absolute atomic E-state index is 0.164. The lowest BCUT2D eigenvalue weighted by atomic mass is 10.1. The number of hydrogen-bond donors (Lipinski definition) is 2. The van der Waals surface area contributed by atoms with E-state index in [9.17, 15) is 5.11 Å². The zero-order chi connectivity index (χ0) is 25.4. The Morgan fingerprint density at radius 1 is 1.06 bits per heavy atom. The quantitative estimate of drug-likeness (QED) is 0.563. The van der Waals surface area contributed by atoms with Crippen LogP contribution in [-0.4, -0.2) is 79.0 Å². The van der Waals surface area contributed by atoms with Gasteiger partial charge in [0, 0.05) is 24.3 Å². The molecular formula is C26H31F2N3O5. The molecule has 1 aromatic carbocycles. The number of aromatic amines is 1. The highest BCUT2D eigenvalue weighted by molar-refractivity contribution is 5.84. The summed E-state index contributed by atoms with van der Waals surface area (Å²) in [6, 6.07) is 6.01. The molecule has 2 aromatic heterocycles. The molecule has 0 saturated carbocycles. The molecule has 0 radical (unpaired) electrons. The van der Waals surface area contributed by atoms with Crippen molar-refractivity contribution in [1.82, 2.24) is 9.97 Å². The summed E-state index contributed by atoms with van der Waals surface area (Å²) in [5.41, 5.74) is 2.49. The summed E-state index contributed by atoms with van der Waals surface area (Å²) in [5.74, 6) is -0.837. The van der Waals surface area contributed by atoms with Crippen LogP contribution in [0.15, 0.2) is 24.3 Å². The van der Waals surface area contributed by atoms with E-state index in [2.05, 4.69) is 9.97 Å². The molecule has 3 fully saturated rings. The number of ether oxygens (including phenoxy) is 4. The van der Waals surface area contributed by atoms with E-state index < -0.39 is 23.8 Å². The monoisotopic (exact) mass is 503 g/mol. The van der Waals surface area contributed by atoms with Gasteiger partial charge in [0.2, 0.25) is 0 Å². The number of pyridine rings is 1. The smallest absolute Gasteiger partial charge is 0.196 e. The molecule has 194 valence electrons. The van der Waals surface area contributed by atoms with Crippen LogP contribution in [0.1, 0.15) is 19.4 Å². The number of halogens is 2. The first kappa shape index (κ1) is 24.9. The number of aliphatic hydroxyl groups is 1. The van der Waals surface area contributed by atoms with Gasteiger partial charge in [-0.25, -0.2) is 13.8 Å². The Hall–Kier alpha value is -2.79. The van der Waals surface area contributed by atoms with Crippen molar-refractivity contribution in [2.75, 3.05) is 44.4 Å². The fraction of sp³-hybridized carbons (Fsp3) is 0.500. The second-order valence-corrected chi connectivity index (χ2v) is 8.88. The number of H-pyrrole nitrogens is 1. The van der Waals surface area contributed by atoms with E-state index in [4.69, 9.17) is 18.9 Å². The van der Waals surface area contributed by atoms with Gasteiger partial charge in [-0.05, 0) is 31.2 Å². The minimum Gasteiger partial charge on any atom is -0.470 e. The van der Waals surface area contributed by atoms with Crippen LogP contribution in [0.3, 0.4) is 0 Å². The Kier molecular flexibility index (Phi) is 7.11. The number of morpholine rings is 1. The molecule has 0 bridgehead atoms. The van der Waals surface area contributed by atoms with Gasteiger partial charge in [0.15, 0.2) is 12.0 Å². The number of aryl methyl sites for hydroxylation is 1. The van der Waals surface area contributed by atoms with Gasteiger partial charge in [-0.1, -0.05) is 13.8 Å². The number of rotatable bonds is 4. The normalized spacial score (nSPS) is 25.6. The van der Waals surface area contributed by atoms with Crippen molar-refractivity contribution in [1.29, 1.82) is 0 Å². The van der Waals surface area contributed by atoms with Crippen LogP contribution in [0.5, 0.6) is 5.88 Å². The van der Waals surface area contributed by atoms with E-state index in [-0.39, 0.29) is 30.1 Å². The molecule has 10 heteroatoms. The fourth-order valence-electron chi connectivity index (χ4n) is 4.93. The SMILES string of the molecule is CC.Cc1c(O[C@@H]2COC3[C@H](O)CO[C@@H]32)[nH]c2ccc(-c3c(F)cc(N4CCOCC4)cc3F)nc12. The summed E-state index contributed by atoms with van der Waals surface area (Å²) >= 11 is 0. The molecule has 4 atom stereocenters. The predicted octanol–water partition coefficient (Wildman–Crippen LogP) is 3.59. The highest BCUT2D eigenvalue weighted by Gasteiger charge is 2.48. The molecule has 0 spiro atoms. The summed E-state index contributed by atoms with van der Waals surface area (Å²) in [7, 11) is 0. The van der Waals surface area contributed by atoms with Gasteiger partial charge in [0.1, 0.15) is 29.9 Å². The Labute approximate surface area is 208 Å². The lowest BCUT2D eigenvalue weighted by Crippen LogP contribution is -2.36. The van der Waals surface area contributed by atoms with E-state index in [1.807, 2.05) is 25.7 Å². The first-order chi connectivity index (χ1) is 17.5. The Balaban J connectivity index is 0.00000130. The first-order valence-electron chi connectivity index (χ1n) is 12.4. The first-order valence-corrected chi connectivity index (χ1v) is 12.4. The van der Waals surface area contributed by atoms with Crippen LogP contribution in [0, 0.1) is 18.6 Å². The van der Waals surface area contributed by atoms with Crippen molar-refractivity contribution in [3.8, 4) is 17.1 Å². The minimum atomic E-state index is -0.663. The average molecular weight is 504 g/mol. The Morgan fingerprint density at radius 2 is 1.75 bits per heavy atom. The zero-order valence-corrected chi connectivity index (χ0v) is 20.6. The largest absolute Gasteiger partial charge is 0.470 e. The number of benzene rings is 1. The van der Waals surface area contributed by atoms with Crippen LogP contribution in [0.2, 0.25) is 0 Å². The van der Waals surface area contributed by atoms with Gasteiger partial charge in [0.05, 0.1) is 48.7 Å². The van der Waals surface area contributed by atoms with E-state index in [1.165, 1.54) is 12.1 Å². The maximum Gasteiger partial charge on any atom is 0.196 e. The number of nitrogens with one attached hydrogen (secondary N) is 1. The van der Waals surface area contributed by atoms with Crippen LogP contribution in [0.25, 0.3) is 22.3 Å². The molecule has 3 aliphatic rings. The van der Waals surface area contributed by atoms with Crippen LogP contribution >= 0.6 is 0 Å². The molecule has 3 saturated heterocycles. The van der Waals surface area contributed by atoms with Gasteiger partial charge in [0.25, 0.3) is 0 Å². The van der Waals surface area contributed by atoms with Crippen molar-refractivity contribution in [3.63, 3.8) is 0 Å². The Bertz CT molecular complexity index is 1210. The predicted molar refractivity (Wildman–Crippen MR) is 130 cm³/mol. The highest BCUT2D eigenvalue weighted by atomic mass is 19.1. The summed E-state index contributed by atoms with van der Waals surface area (Å²) in [5, 5.41) is 9.93. The van der Waals surface area contributed by atoms with Gasteiger partial charge >= 0.3 is 0 Å². The highest BCUT2D eigenvalue weighted by Crippen LogP contribution is 2.35. The topological polar surface area (TPSA) is 89.1 Å². The molecule has 3 aromatic rings. The Morgan fingerprint density at radius 3 is 2.47 bits per heavy atom. The molecular weight excluding hydrogens is 472 g/mol. The van der Waals surface area contributed by atoms with Crippen molar-refractivity contribution in [3.05, 3.63) is 41.5 Å². The number of fused-ring (bicyclic) bond motifs is 2. The summed E-state index contributed by atoms with van der Waals surface area (Å²) in [4.78, 5) is 9.64. The standard InChI is InChI=1S/C24H25F2N3O5.C2H6/c1-12-21-17(28-24(12)34-19-11-33-22-18(30)10-32-23(19)22)3-2-16(27-21)20-14(25)8-13(9-15(20)26)29-4-6-31-7-5-29;1-2/h2-3,8-9,18-19,22-23,28,30H,4-7,10-11H2,1H3;1-2H3/t18-,19-,22?,23-;/m1./s1. The van der Waals surface area contributed by atoms with Crippen molar-refractivity contribution < 1.29 is 32.8 Å². The number of aromatic nitrogens is 2. The van der Waals surface area contributed by atoms with Crippen molar-refractivity contribution in [2.45, 2.75) is 45.2 Å². The van der Waals surface area contributed by atoms with Gasteiger partial charge in [-0.2, -0.15) is 0 Å². The third-order valence-electron chi connectivity index (χ3n) is 6.75. The molecule has 8 nitrogen and oxygen atoms in total. The molecule has 0 aliphatic carbocycles. The second-order valence-electron chi connectivity index (χ2n) is 8.88. The lowest BCUT2D eigenvalue weighted by molar-refractivity contribution is 0.00782. The number of nitrogens with zero attached hydrogens (tertiary/aromatic N) is 2. The van der Waals surface area contributed by atoms with Crippen LogP contribution < -0.4 is 9.64 Å². The number of anilines is 1. The molecule has 1 unspecified atom stereocenters. The number of hydrogen-bond acceptors (Lipinski definition) is 7. The maximum absolute atomic E-state index is 15.1. The molecule has 5 heterocycles. The van der Waals surface area contributed by atoms with E-state index in [1.54, 1.807) is 12.1 Å².